The fourth-order valence-electron chi connectivity index (χ4n) is 2.57. The molecule has 0 aliphatic carbocycles. The summed E-state index contributed by atoms with van der Waals surface area (Å²) in [6.45, 7) is 3.16. The van der Waals surface area contributed by atoms with E-state index in [-0.39, 0.29) is 12.4 Å². The molecule has 0 bridgehead atoms. The van der Waals surface area contributed by atoms with Gasteiger partial charge in [-0.15, -0.1) is 0 Å². The van der Waals surface area contributed by atoms with Gasteiger partial charge in [0.25, 0.3) is 0 Å². The Hall–Kier alpha value is -2.80. The standard InChI is InChI=1S/C19H21FN2O4/c1-12(19(21)23)22-10-14-5-6-16(18-17(14)24-7-8-25-18)26-11-13-3-2-4-15(20)9-13/h2-6,9,12,22H,7-8,10-11H2,1H3,(H2,21,23)/t12-/m0/s1. The zero-order chi connectivity index (χ0) is 18.5. The highest BCUT2D eigenvalue weighted by Gasteiger charge is 2.22. The van der Waals surface area contributed by atoms with Gasteiger partial charge in [0.1, 0.15) is 25.6 Å². The van der Waals surface area contributed by atoms with E-state index in [2.05, 4.69) is 5.32 Å². The Morgan fingerprint density at radius 1 is 1.27 bits per heavy atom. The Morgan fingerprint density at radius 2 is 2.04 bits per heavy atom. The molecule has 0 saturated carbocycles. The van der Waals surface area contributed by atoms with E-state index >= 15 is 0 Å². The zero-order valence-electron chi connectivity index (χ0n) is 14.5. The van der Waals surface area contributed by atoms with Crippen LogP contribution in [0.1, 0.15) is 18.1 Å². The summed E-state index contributed by atoms with van der Waals surface area (Å²) in [7, 11) is 0. The number of nitrogens with two attached hydrogens (primary N) is 1. The van der Waals surface area contributed by atoms with Crippen LogP contribution in [0.25, 0.3) is 0 Å². The van der Waals surface area contributed by atoms with Gasteiger partial charge >= 0.3 is 0 Å². The summed E-state index contributed by atoms with van der Waals surface area (Å²) in [6, 6.07) is 9.39. The van der Waals surface area contributed by atoms with Crippen LogP contribution in [-0.2, 0) is 17.9 Å². The highest BCUT2D eigenvalue weighted by atomic mass is 19.1. The van der Waals surface area contributed by atoms with Gasteiger partial charge in [-0.1, -0.05) is 18.2 Å². The molecule has 3 rings (SSSR count). The van der Waals surface area contributed by atoms with E-state index in [0.29, 0.717) is 37.0 Å². The minimum Gasteiger partial charge on any atom is -0.486 e. The monoisotopic (exact) mass is 360 g/mol. The number of carbonyl (C=O) groups excluding carboxylic acids is 1. The SMILES string of the molecule is C[C@H](NCc1ccc(OCc2cccc(F)c2)c2c1OCCO2)C(N)=O. The molecule has 0 radical (unpaired) electrons. The van der Waals surface area contributed by atoms with E-state index in [9.17, 15) is 9.18 Å². The number of carbonyl (C=O) groups is 1. The molecule has 3 N–H and O–H groups in total. The lowest BCUT2D eigenvalue weighted by Crippen LogP contribution is -2.38. The first-order valence-corrected chi connectivity index (χ1v) is 8.36. The number of amides is 1. The van der Waals surface area contributed by atoms with E-state index in [1.54, 1.807) is 25.1 Å². The van der Waals surface area contributed by atoms with Crippen LogP contribution in [0, 0.1) is 5.82 Å². The third-order valence-electron chi connectivity index (χ3n) is 4.04. The van der Waals surface area contributed by atoms with Gasteiger partial charge in [0.15, 0.2) is 11.5 Å². The van der Waals surface area contributed by atoms with Gasteiger partial charge in [-0.05, 0) is 30.7 Å². The van der Waals surface area contributed by atoms with Crippen molar-refractivity contribution in [2.24, 2.45) is 5.73 Å². The molecule has 0 saturated heterocycles. The molecule has 0 aromatic heterocycles. The Balaban J connectivity index is 1.76. The maximum absolute atomic E-state index is 13.3. The molecule has 1 aliphatic rings. The predicted octanol–water partition coefficient (Wildman–Crippen LogP) is 2.14. The van der Waals surface area contributed by atoms with Crippen molar-refractivity contribution in [3.05, 3.63) is 53.3 Å². The van der Waals surface area contributed by atoms with Crippen LogP contribution < -0.4 is 25.3 Å². The first-order chi connectivity index (χ1) is 12.5. The molecule has 2 aromatic rings. The molecule has 7 heteroatoms. The summed E-state index contributed by atoms with van der Waals surface area (Å²) in [6.07, 6.45) is 0. The molecule has 0 unspecified atom stereocenters. The molecule has 0 fully saturated rings. The average molecular weight is 360 g/mol. The fourth-order valence-corrected chi connectivity index (χ4v) is 2.57. The fraction of sp³-hybridized carbons (Fsp3) is 0.316. The minimum atomic E-state index is -0.459. The first-order valence-electron chi connectivity index (χ1n) is 8.36. The second kappa shape index (κ2) is 8.05. The first kappa shape index (κ1) is 18.0. The molecule has 26 heavy (non-hydrogen) atoms. The van der Waals surface area contributed by atoms with Crippen LogP contribution in [-0.4, -0.2) is 25.2 Å². The van der Waals surface area contributed by atoms with E-state index < -0.39 is 11.9 Å². The number of rotatable bonds is 7. The molecule has 6 nitrogen and oxygen atoms in total. The predicted molar refractivity (Wildman–Crippen MR) is 93.7 cm³/mol. The second-order valence-electron chi connectivity index (χ2n) is 6.00. The Labute approximate surface area is 151 Å². The van der Waals surface area contributed by atoms with Crippen molar-refractivity contribution in [3.8, 4) is 17.2 Å². The third-order valence-corrected chi connectivity index (χ3v) is 4.04. The Kier molecular flexibility index (Phi) is 5.58. The lowest BCUT2D eigenvalue weighted by atomic mass is 10.1. The van der Waals surface area contributed by atoms with Gasteiger partial charge in [0.05, 0.1) is 6.04 Å². The summed E-state index contributed by atoms with van der Waals surface area (Å²) in [5.41, 5.74) is 6.82. The molecule has 0 spiro atoms. The lowest BCUT2D eigenvalue weighted by molar-refractivity contribution is -0.119. The van der Waals surface area contributed by atoms with Gasteiger partial charge < -0.3 is 25.3 Å². The minimum absolute atomic E-state index is 0.212. The molecule has 138 valence electrons. The summed E-state index contributed by atoms with van der Waals surface area (Å²) >= 11 is 0. The number of halogens is 1. The number of primary amides is 1. The summed E-state index contributed by atoms with van der Waals surface area (Å²) in [5.74, 6) is 0.885. The van der Waals surface area contributed by atoms with Gasteiger partial charge in [0, 0.05) is 12.1 Å². The number of ether oxygens (including phenoxy) is 3. The van der Waals surface area contributed by atoms with Crippen LogP contribution in [0.2, 0.25) is 0 Å². The van der Waals surface area contributed by atoms with E-state index in [1.807, 2.05) is 6.07 Å². The number of nitrogens with one attached hydrogen (secondary N) is 1. The van der Waals surface area contributed by atoms with Crippen LogP contribution in [0.3, 0.4) is 0 Å². The smallest absolute Gasteiger partial charge is 0.234 e. The average Bonchev–Trinajstić information content (AvgIpc) is 2.64. The number of hydrogen-bond acceptors (Lipinski definition) is 5. The number of fused-ring (bicyclic) bond motifs is 1. The van der Waals surface area contributed by atoms with Crippen molar-refractivity contribution in [2.45, 2.75) is 26.1 Å². The largest absolute Gasteiger partial charge is 0.486 e. The highest BCUT2D eigenvalue weighted by Crippen LogP contribution is 2.42. The van der Waals surface area contributed by atoms with Crippen LogP contribution >= 0.6 is 0 Å². The van der Waals surface area contributed by atoms with Gasteiger partial charge in [-0.2, -0.15) is 0 Å². The van der Waals surface area contributed by atoms with Crippen LogP contribution in [0.15, 0.2) is 36.4 Å². The van der Waals surface area contributed by atoms with Crippen molar-refractivity contribution < 1.29 is 23.4 Å². The molecule has 1 amide bonds. The van der Waals surface area contributed by atoms with Crippen LogP contribution in [0.5, 0.6) is 17.2 Å². The molecule has 1 atom stereocenters. The topological polar surface area (TPSA) is 82.8 Å². The van der Waals surface area contributed by atoms with Crippen molar-refractivity contribution >= 4 is 5.91 Å². The molecule has 1 aliphatic heterocycles. The van der Waals surface area contributed by atoms with Crippen LogP contribution in [0.4, 0.5) is 4.39 Å². The molecule has 1 heterocycles. The summed E-state index contributed by atoms with van der Waals surface area (Å²) < 4.78 is 30.5. The van der Waals surface area contributed by atoms with Gasteiger partial charge in [0.2, 0.25) is 11.7 Å². The Morgan fingerprint density at radius 3 is 2.77 bits per heavy atom. The molecule has 2 aromatic carbocycles. The maximum Gasteiger partial charge on any atom is 0.234 e. The third kappa shape index (κ3) is 4.23. The van der Waals surface area contributed by atoms with Crippen molar-refractivity contribution in [3.63, 3.8) is 0 Å². The van der Waals surface area contributed by atoms with Gasteiger partial charge in [-0.25, -0.2) is 4.39 Å². The van der Waals surface area contributed by atoms with Crippen molar-refractivity contribution in [1.29, 1.82) is 0 Å². The maximum atomic E-state index is 13.3. The molecular weight excluding hydrogens is 339 g/mol. The summed E-state index contributed by atoms with van der Waals surface area (Å²) in [4.78, 5) is 11.2. The number of benzene rings is 2. The summed E-state index contributed by atoms with van der Waals surface area (Å²) in [5, 5.41) is 3.04. The van der Waals surface area contributed by atoms with Crippen molar-refractivity contribution in [2.75, 3.05) is 13.2 Å². The quantitative estimate of drug-likeness (QED) is 0.790. The van der Waals surface area contributed by atoms with E-state index in [4.69, 9.17) is 19.9 Å². The zero-order valence-corrected chi connectivity index (χ0v) is 14.5. The molecular formula is C19H21FN2O4. The normalized spacial score (nSPS) is 13.9. The number of hydrogen-bond donors (Lipinski definition) is 2. The lowest BCUT2D eigenvalue weighted by Gasteiger charge is -2.24. The Bertz CT molecular complexity index is 797. The second-order valence-corrected chi connectivity index (χ2v) is 6.00. The van der Waals surface area contributed by atoms with E-state index in [1.165, 1.54) is 12.1 Å². The van der Waals surface area contributed by atoms with E-state index in [0.717, 1.165) is 11.1 Å². The van der Waals surface area contributed by atoms with Crippen molar-refractivity contribution in [1.82, 2.24) is 5.32 Å². The van der Waals surface area contributed by atoms with Gasteiger partial charge in [-0.3, -0.25) is 4.79 Å². The highest BCUT2D eigenvalue weighted by molar-refractivity contribution is 5.79.